The third-order valence-electron chi connectivity index (χ3n) is 12.1. The Hall–Kier alpha value is -2.37. The number of unbranched alkanes of at least 4 members (excludes halogenated alkanes) is 34. The first-order chi connectivity index (χ1) is 31.0. The SMILES string of the molecule is CCCC/C=C\C=C/CCCCCC(=O)OCC(COC(=O)CCCCCCCCCCCCCCCCCCCC)OC(=O)CCCCCCC/C=C\CCCCCCCCC. The molecule has 0 saturated heterocycles. The van der Waals surface area contributed by atoms with Crippen molar-refractivity contribution >= 4 is 17.9 Å². The van der Waals surface area contributed by atoms with Crippen molar-refractivity contribution in [3.63, 3.8) is 0 Å². The minimum atomic E-state index is -0.783. The van der Waals surface area contributed by atoms with Gasteiger partial charge in [-0.05, 0) is 64.2 Å². The van der Waals surface area contributed by atoms with Crippen molar-refractivity contribution in [3.05, 3.63) is 36.5 Å². The van der Waals surface area contributed by atoms with Crippen LogP contribution in [0, 0.1) is 0 Å². The molecular weight excluding hydrogens is 781 g/mol. The molecule has 0 aliphatic carbocycles. The van der Waals surface area contributed by atoms with E-state index in [0.717, 1.165) is 83.5 Å². The first-order valence-electron chi connectivity index (χ1n) is 27.5. The van der Waals surface area contributed by atoms with E-state index in [1.54, 1.807) is 0 Å². The van der Waals surface area contributed by atoms with Gasteiger partial charge >= 0.3 is 17.9 Å². The normalized spacial score (nSPS) is 12.2. The van der Waals surface area contributed by atoms with E-state index in [1.165, 1.54) is 167 Å². The predicted octanol–water partition coefficient (Wildman–Crippen LogP) is 18.1. The Morgan fingerprint density at radius 3 is 0.952 bits per heavy atom. The average molecular weight is 885 g/mol. The molecule has 0 rings (SSSR count). The van der Waals surface area contributed by atoms with Crippen molar-refractivity contribution in [1.82, 2.24) is 0 Å². The molecule has 0 radical (unpaired) electrons. The summed E-state index contributed by atoms with van der Waals surface area (Å²) in [6, 6.07) is 0. The highest BCUT2D eigenvalue weighted by Gasteiger charge is 2.19. The van der Waals surface area contributed by atoms with Gasteiger partial charge in [0.1, 0.15) is 13.2 Å². The molecule has 0 aromatic heterocycles. The average Bonchev–Trinajstić information content (AvgIpc) is 3.28. The topological polar surface area (TPSA) is 78.9 Å². The summed E-state index contributed by atoms with van der Waals surface area (Å²) >= 11 is 0. The fraction of sp³-hybridized carbons (Fsp3) is 0.842. The van der Waals surface area contributed by atoms with Crippen LogP contribution in [0.5, 0.6) is 0 Å². The molecule has 0 aromatic rings. The van der Waals surface area contributed by atoms with Crippen LogP contribution in [0.3, 0.4) is 0 Å². The standard InChI is InChI=1S/C57H104O6/c1-4-7-10-13-16-19-22-24-26-28-29-31-32-35-38-41-44-47-50-56(59)62-53-54(52-61-55(58)49-46-43-40-37-34-21-18-15-12-9-6-3)63-57(60)51-48-45-42-39-36-33-30-27-25-23-20-17-14-11-8-5-2/h15,18,21,27,30,34,54H,4-14,16-17,19-20,22-26,28-29,31-33,35-53H2,1-3H3/b18-15-,30-27-,34-21-. The number of ether oxygens (including phenoxy) is 3. The zero-order chi connectivity index (χ0) is 45.8. The fourth-order valence-corrected chi connectivity index (χ4v) is 7.94. The lowest BCUT2D eigenvalue weighted by Gasteiger charge is -2.18. The van der Waals surface area contributed by atoms with E-state index in [9.17, 15) is 14.4 Å². The minimum absolute atomic E-state index is 0.0808. The number of carbonyl (C=O) groups excluding carboxylic acids is 3. The number of hydrogen-bond donors (Lipinski definition) is 0. The maximum Gasteiger partial charge on any atom is 0.306 e. The van der Waals surface area contributed by atoms with Gasteiger partial charge in [-0.2, -0.15) is 0 Å². The molecule has 0 aliphatic heterocycles. The lowest BCUT2D eigenvalue weighted by atomic mass is 10.0. The van der Waals surface area contributed by atoms with Crippen molar-refractivity contribution in [1.29, 1.82) is 0 Å². The largest absolute Gasteiger partial charge is 0.462 e. The Morgan fingerprint density at radius 2 is 0.587 bits per heavy atom. The van der Waals surface area contributed by atoms with E-state index in [1.807, 2.05) is 0 Å². The highest BCUT2D eigenvalue weighted by molar-refractivity contribution is 5.71. The number of allylic oxidation sites excluding steroid dienone is 6. The molecule has 1 unspecified atom stereocenters. The molecule has 6 nitrogen and oxygen atoms in total. The lowest BCUT2D eigenvalue weighted by molar-refractivity contribution is -0.167. The molecule has 6 heteroatoms. The van der Waals surface area contributed by atoms with Crippen LogP contribution in [0.15, 0.2) is 36.5 Å². The molecule has 0 aliphatic rings. The van der Waals surface area contributed by atoms with Crippen molar-refractivity contribution in [2.24, 2.45) is 0 Å². The quantitative estimate of drug-likeness (QED) is 0.0199. The molecule has 0 aromatic carbocycles. The lowest BCUT2D eigenvalue weighted by Crippen LogP contribution is -2.30. The van der Waals surface area contributed by atoms with Crippen molar-refractivity contribution in [2.45, 2.75) is 297 Å². The number of carbonyl (C=O) groups is 3. The van der Waals surface area contributed by atoms with Crippen LogP contribution in [0.4, 0.5) is 0 Å². The summed E-state index contributed by atoms with van der Waals surface area (Å²) < 4.78 is 16.8. The van der Waals surface area contributed by atoms with E-state index in [4.69, 9.17) is 14.2 Å². The fourth-order valence-electron chi connectivity index (χ4n) is 7.94. The van der Waals surface area contributed by atoms with Gasteiger partial charge in [0.25, 0.3) is 0 Å². The summed E-state index contributed by atoms with van der Waals surface area (Å²) in [7, 11) is 0. The second-order valence-corrected chi connectivity index (χ2v) is 18.5. The van der Waals surface area contributed by atoms with Crippen LogP contribution < -0.4 is 0 Å². The van der Waals surface area contributed by atoms with Crippen LogP contribution >= 0.6 is 0 Å². The summed E-state index contributed by atoms with van der Waals surface area (Å²) in [5, 5.41) is 0. The third kappa shape index (κ3) is 50.5. The predicted molar refractivity (Wildman–Crippen MR) is 270 cm³/mol. The first-order valence-corrected chi connectivity index (χ1v) is 27.5. The molecule has 1 atom stereocenters. The smallest absolute Gasteiger partial charge is 0.306 e. The summed E-state index contributed by atoms with van der Waals surface area (Å²) in [6.07, 6.45) is 61.4. The van der Waals surface area contributed by atoms with Gasteiger partial charge in [0.2, 0.25) is 0 Å². The van der Waals surface area contributed by atoms with E-state index in [2.05, 4.69) is 57.2 Å². The Balaban J connectivity index is 4.33. The van der Waals surface area contributed by atoms with Crippen LogP contribution in [0.25, 0.3) is 0 Å². The highest BCUT2D eigenvalue weighted by Crippen LogP contribution is 2.16. The summed E-state index contributed by atoms with van der Waals surface area (Å²) in [4.78, 5) is 38.0. The second-order valence-electron chi connectivity index (χ2n) is 18.5. The summed E-state index contributed by atoms with van der Waals surface area (Å²) in [6.45, 7) is 6.59. The number of rotatable bonds is 50. The van der Waals surface area contributed by atoms with Gasteiger partial charge < -0.3 is 14.2 Å². The Bertz CT molecular complexity index is 1060. The maximum atomic E-state index is 12.8. The molecule has 0 fully saturated rings. The van der Waals surface area contributed by atoms with Crippen molar-refractivity contribution in [3.8, 4) is 0 Å². The molecule has 0 spiro atoms. The zero-order valence-electron chi connectivity index (χ0n) is 42.1. The van der Waals surface area contributed by atoms with Crippen LogP contribution in [0.1, 0.15) is 290 Å². The molecule has 0 bridgehead atoms. The van der Waals surface area contributed by atoms with E-state index in [0.29, 0.717) is 19.3 Å². The highest BCUT2D eigenvalue weighted by atomic mass is 16.6. The second kappa shape index (κ2) is 52.3. The Labute approximate surface area is 391 Å². The maximum absolute atomic E-state index is 12.8. The monoisotopic (exact) mass is 885 g/mol. The van der Waals surface area contributed by atoms with E-state index >= 15 is 0 Å². The van der Waals surface area contributed by atoms with Gasteiger partial charge in [-0.1, -0.05) is 243 Å². The van der Waals surface area contributed by atoms with Crippen molar-refractivity contribution < 1.29 is 28.6 Å². The van der Waals surface area contributed by atoms with Gasteiger partial charge in [-0.25, -0.2) is 0 Å². The van der Waals surface area contributed by atoms with E-state index < -0.39 is 6.10 Å². The number of esters is 3. The van der Waals surface area contributed by atoms with Gasteiger partial charge in [0.15, 0.2) is 6.10 Å². The molecular formula is C57H104O6. The van der Waals surface area contributed by atoms with Crippen LogP contribution in [0.2, 0.25) is 0 Å². The minimum Gasteiger partial charge on any atom is -0.462 e. The first kappa shape index (κ1) is 60.6. The van der Waals surface area contributed by atoms with Gasteiger partial charge in [0.05, 0.1) is 0 Å². The molecule has 0 saturated carbocycles. The summed E-state index contributed by atoms with van der Waals surface area (Å²) in [5.74, 6) is -0.905. The molecule has 0 N–H and O–H groups in total. The Morgan fingerprint density at radius 1 is 0.317 bits per heavy atom. The van der Waals surface area contributed by atoms with Crippen LogP contribution in [-0.4, -0.2) is 37.2 Å². The zero-order valence-corrected chi connectivity index (χ0v) is 42.1. The summed E-state index contributed by atoms with van der Waals surface area (Å²) in [5.41, 5.74) is 0. The van der Waals surface area contributed by atoms with Gasteiger partial charge in [-0.3, -0.25) is 14.4 Å². The molecule has 0 heterocycles. The van der Waals surface area contributed by atoms with Crippen LogP contribution in [-0.2, 0) is 28.6 Å². The molecule has 0 amide bonds. The van der Waals surface area contributed by atoms with Gasteiger partial charge in [0, 0.05) is 19.3 Å². The number of hydrogen-bond acceptors (Lipinski definition) is 6. The molecule has 63 heavy (non-hydrogen) atoms. The Kier molecular flexibility index (Phi) is 50.3. The third-order valence-corrected chi connectivity index (χ3v) is 12.1. The van der Waals surface area contributed by atoms with Gasteiger partial charge in [-0.15, -0.1) is 0 Å². The van der Waals surface area contributed by atoms with E-state index in [-0.39, 0.29) is 31.1 Å². The van der Waals surface area contributed by atoms with Crippen molar-refractivity contribution in [2.75, 3.05) is 13.2 Å². The molecule has 368 valence electrons.